The molecule has 2 atom stereocenters. The maximum atomic E-state index is 13.4. The molecule has 7 nitrogen and oxygen atoms in total. The fraction of sp³-hybridized carbons (Fsp3) is 0.375. The van der Waals surface area contributed by atoms with Gasteiger partial charge in [0, 0.05) is 22.2 Å². The van der Waals surface area contributed by atoms with Gasteiger partial charge in [0.15, 0.2) is 0 Å². The van der Waals surface area contributed by atoms with Crippen molar-refractivity contribution in [1.29, 1.82) is 0 Å². The first-order valence-corrected chi connectivity index (χ1v) is 12.0. The van der Waals surface area contributed by atoms with E-state index in [9.17, 15) is 4.79 Å². The van der Waals surface area contributed by atoms with E-state index in [0.29, 0.717) is 29.7 Å². The van der Waals surface area contributed by atoms with Crippen LogP contribution in [0.5, 0.6) is 5.75 Å². The van der Waals surface area contributed by atoms with E-state index in [0.717, 1.165) is 48.4 Å². The average molecular weight is 486 g/mol. The lowest BCUT2D eigenvalue weighted by Gasteiger charge is -2.28. The highest BCUT2D eigenvalue weighted by Gasteiger charge is 2.35. The van der Waals surface area contributed by atoms with Crippen LogP contribution >= 0.6 is 23.2 Å². The predicted octanol–water partition coefficient (Wildman–Crippen LogP) is 5.39. The summed E-state index contributed by atoms with van der Waals surface area (Å²) in [4.78, 5) is 19.8. The number of amides is 2. The van der Waals surface area contributed by atoms with Crippen molar-refractivity contribution in [2.45, 2.75) is 44.3 Å². The number of fused-ring (bicyclic) bond motifs is 1. The van der Waals surface area contributed by atoms with Gasteiger partial charge in [0.2, 0.25) is 0 Å². The molecule has 1 N–H and O–H groups in total. The Morgan fingerprint density at radius 3 is 2.82 bits per heavy atom. The molecule has 1 saturated heterocycles. The van der Waals surface area contributed by atoms with Gasteiger partial charge in [0.25, 0.3) is 0 Å². The number of rotatable bonds is 4. The van der Waals surface area contributed by atoms with Gasteiger partial charge in [-0.25, -0.2) is 14.5 Å². The molecule has 0 aliphatic carbocycles. The number of hydrogen-bond donors (Lipinski definition) is 1. The quantitative estimate of drug-likeness (QED) is 0.537. The second-order valence-corrected chi connectivity index (χ2v) is 9.24. The minimum Gasteiger partial charge on any atom is -0.493 e. The van der Waals surface area contributed by atoms with Crippen molar-refractivity contribution in [2.24, 2.45) is 0 Å². The normalized spacial score (nSPS) is 20.1. The van der Waals surface area contributed by atoms with Crippen LogP contribution in [0.2, 0.25) is 10.0 Å². The van der Waals surface area contributed by atoms with Crippen molar-refractivity contribution in [1.82, 2.24) is 25.0 Å². The number of nitrogens with zero attached hydrogens (tertiary/aromatic N) is 4. The van der Waals surface area contributed by atoms with Gasteiger partial charge in [-0.3, -0.25) is 0 Å². The van der Waals surface area contributed by atoms with Crippen LogP contribution in [0.4, 0.5) is 4.79 Å². The average Bonchev–Trinajstić information content (AvgIpc) is 3.42. The molecule has 5 rings (SSSR count). The van der Waals surface area contributed by atoms with Gasteiger partial charge in [-0.1, -0.05) is 41.4 Å². The molecule has 33 heavy (non-hydrogen) atoms. The largest absolute Gasteiger partial charge is 0.493 e. The number of nitrogens with one attached hydrogen (secondary N) is 1. The van der Waals surface area contributed by atoms with Crippen molar-refractivity contribution in [3.05, 3.63) is 75.8 Å². The summed E-state index contributed by atoms with van der Waals surface area (Å²) in [5.74, 6) is 1.53. The van der Waals surface area contributed by atoms with Gasteiger partial charge in [0.1, 0.15) is 17.9 Å². The molecule has 3 heterocycles. The number of hydrogen-bond acceptors (Lipinski definition) is 4. The summed E-state index contributed by atoms with van der Waals surface area (Å²) in [6.07, 6.45) is 4.93. The fourth-order valence-corrected chi connectivity index (χ4v) is 5.09. The summed E-state index contributed by atoms with van der Waals surface area (Å²) in [7, 11) is 0. The molecular weight excluding hydrogens is 461 g/mol. The van der Waals surface area contributed by atoms with Gasteiger partial charge in [0.05, 0.1) is 25.2 Å². The summed E-state index contributed by atoms with van der Waals surface area (Å²) in [6.45, 7) is 1.85. The van der Waals surface area contributed by atoms with Gasteiger partial charge >= 0.3 is 6.03 Å². The number of ether oxygens (including phenoxy) is 1. The molecular formula is C24H25Cl2N5O2. The first kappa shape index (κ1) is 22.0. The van der Waals surface area contributed by atoms with E-state index in [1.165, 1.54) is 0 Å². The molecule has 9 heteroatoms. The zero-order chi connectivity index (χ0) is 22.8. The molecule has 172 valence electrons. The summed E-state index contributed by atoms with van der Waals surface area (Å²) in [5, 5.41) is 8.95. The third kappa shape index (κ3) is 4.66. The maximum absolute atomic E-state index is 13.4. The van der Waals surface area contributed by atoms with E-state index in [1.807, 2.05) is 52.0 Å². The second kappa shape index (κ2) is 9.61. The Bertz CT molecular complexity index is 1130. The summed E-state index contributed by atoms with van der Waals surface area (Å²) < 4.78 is 7.71. The highest BCUT2D eigenvalue weighted by Crippen LogP contribution is 2.38. The van der Waals surface area contributed by atoms with Gasteiger partial charge in [-0.15, -0.1) is 0 Å². The molecule has 1 fully saturated rings. The van der Waals surface area contributed by atoms with E-state index in [-0.39, 0.29) is 18.1 Å². The Morgan fingerprint density at radius 1 is 1.12 bits per heavy atom. The Hall–Kier alpha value is -2.77. The van der Waals surface area contributed by atoms with Gasteiger partial charge < -0.3 is 15.0 Å². The van der Waals surface area contributed by atoms with Crippen LogP contribution in [0.3, 0.4) is 0 Å². The van der Waals surface area contributed by atoms with E-state index in [4.69, 9.17) is 27.9 Å². The summed E-state index contributed by atoms with van der Waals surface area (Å²) in [6, 6.07) is 12.8. The number of carbonyl (C=O) groups is 1. The third-order valence-electron chi connectivity index (χ3n) is 6.26. The third-order valence-corrected chi connectivity index (χ3v) is 6.84. The smallest absolute Gasteiger partial charge is 0.318 e. The first-order chi connectivity index (χ1) is 16.1. The molecule has 2 aromatic carbocycles. The highest BCUT2D eigenvalue weighted by molar-refractivity contribution is 6.31. The van der Waals surface area contributed by atoms with Crippen LogP contribution in [-0.4, -0.2) is 38.8 Å². The van der Waals surface area contributed by atoms with E-state index in [2.05, 4.69) is 15.4 Å². The number of halogens is 2. The predicted molar refractivity (Wildman–Crippen MR) is 127 cm³/mol. The zero-order valence-electron chi connectivity index (χ0n) is 18.1. The fourth-order valence-electron chi connectivity index (χ4n) is 4.67. The number of aromatic nitrogens is 3. The number of carbonyl (C=O) groups excluding carboxylic acids is 1. The molecule has 3 aromatic rings. The number of benzene rings is 2. The molecule has 2 aliphatic heterocycles. The SMILES string of the molecule is O=C(NC1CCCOc2cccc(Cl)c21)N1CCC[C@@H]1c1ncnn1Cc1ccc(Cl)cc1. The second-order valence-electron chi connectivity index (χ2n) is 8.40. The van der Waals surface area contributed by atoms with Crippen molar-refractivity contribution in [2.75, 3.05) is 13.2 Å². The topological polar surface area (TPSA) is 72.3 Å². The molecule has 0 bridgehead atoms. The summed E-state index contributed by atoms with van der Waals surface area (Å²) >= 11 is 12.5. The van der Waals surface area contributed by atoms with Crippen molar-refractivity contribution < 1.29 is 9.53 Å². The van der Waals surface area contributed by atoms with E-state index < -0.39 is 0 Å². The Kier molecular flexibility index (Phi) is 6.42. The molecule has 1 unspecified atom stereocenters. The first-order valence-electron chi connectivity index (χ1n) is 11.2. The Labute approximate surface area is 202 Å². The number of urea groups is 1. The maximum Gasteiger partial charge on any atom is 0.318 e. The van der Waals surface area contributed by atoms with Crippen LogP contribution in [0.25, 0.3) is 0 Å². The molecule has 0 saturated carbocycles. The minimum atomic E-state index is -0.197. The van der Waals surface area contributed by atoms with E-state index >= 15 is 0 Å². The minimum absolute atomic E-state index is 0.115. The van der Waals surface area contributed by atoms with Crippen LogP contribution in [0.15, 0.2) is 48.8 Å². The Balaban J connectivity index is 1.34. The lowest BCUT2D eigenvalue weighted by molar-refractivity contribution is 0.185. The van der Waals surface area contributed by atoms with Crippen LogP contribution < -0.4 is 10.1 Å². The molecule has 0 radical (unpaired) electrons. The standard InChI is InChI=1S/C24H25Cl2N5O2/c25-17-10-8-16(9-11-17)14-31-23(27-15-28-31)20-6-2-12-30(20)24(32)29-19-5-3-13-33-21-7-1-4-18(26)22(19)21/h1,4,7-11,15,19-20H,2-3,5-6,12-14H2,(H,29,32)/t19?,20-/m1/s1. The molecule has 1 aromatic heterocycles. The van der Waals surface area contributed by atoms with E-state index in [1.54, 1.807) is 6.33 Å². The highest BCUT2D eigenvalue weighted by atomic mass is 35.5. The number of likely N-dealkylation sites (tertiary alicyclic amines) is 1. The lowest BCUT2D eigenvalue weighted by Crippen LogP contribution is -2.42. The zero-order valence-corrected chi connectivity index (χ0v) is 19.6. The molecule has 0 spiro atoms. The van der Waals surface area contributed by atoms with Crippen molar-refractivity contribution >= 4 is 29.2 Å². The van der Waals surface area contributed by atoms with Gasteiger partial charge in [-0.2, -0.15) is 5.10 Å². The van der Waals surface area contributed by atoms with Gasteiger partial charge in [-0.05, 0) is 55.5 Å². The Morgan fingerprint density at radius 2 is 1.97 bits per heavy atom. The lowest BCUT2D eigenvalue weighted by atomic mass is 10.0. The van der Waals surface area contributed by atoms with Crippen molar-refractivity contribution in [3.8, 4) is 5.75 Å². The monoisotopic (exact) mass is 485 g/mol. The molecule has 2 amide bonds. The van der Waals surface area contributed by atoms with Crippen LogP contribution in [0, 0.1) is 0 Å². The van der Waals surface area contributed by atoms with Crippen LogP contribution in [-0.2, 0) is 6.54 Å². The van der Waals surface area contributed by atoms with Crippen LogP contribution in [0.1, 0.15) is 54.7 Å². The van der Waals surface area contributed by atoms with Crippen molar-refractivity contribution in [3.63, 3.8) is 0 Å². The molecule has 2 aliphatic rings. The summed E-state index contributed by atoms with van der Waals surface area (Å²) in [5.41, 5.74) is 1.93.